The quantitative estimate of drug-likeness (QED) is 0.313. The Morgan fingerprint density at radius 3 is 2.08 bits per heavy atom. The second-order valence-corrected chi connectivity index (χ2v) is 2.96. The summed E-state index contributed by atoms with van der Waals surface area (Å²) in [5.74, 6) is 5.47. The molecule has 0 heterocycles. The van der Waals surface area contributed by atoms with Crippen LogP contribution in [0, 0.1) is 0 Å². The third-order valence-corrected chi connectivity index (χ3v) is 1.62. The molecule has 0 radical (unpaired) electrons. The molecule has 13 heavy (non-hydrogen) atoms. The van der Waals surface area contributed by atoms with Gasteiger partial charge >= 0.3 is 0 Å². The first-order chi connectivity index (χ1) is 6.07. The van der Waals surface area contributed by atoms with Crippen LogP contribution in [0.1, 0.15) is 20.3 Å². The maximum atomic E-state index is 5.47. The minimum atomic E-state index is 0.881. The molecular formula is C11H22N2. The molecule has 2 heteroatoms. The van der Waals surface area contributed by atoms with Crippen LogP contribution in [0.3, 0.4) is 0 Å². The van der Waals surface area contributed by atoms with E-state index < -0.39 is 0 Å². The first kappa shape index (κ1) is 14.7. The van der Waals surface area contributed by atoms with Gasteiger partial charge in [-0.05, 0) is 25.8 Å². The zero-order valence-corrected chi connectivity index (χ0v) is 9.14. The van der Waals surface area contributed by atoms with Gasteiger partial charge in [0.1, 0.15) is 0 Å². The lowest BCUT2D eigenvalue weighted by atomic mass is 10.1. The summed E-state index contributed by atoms with van der Waals surface area (Å²) < 4.78 is 0. The molecule has 0 unspecified atom stereocenters. The topological polar surface area (TPSA) is 29.3 Å². The molecule has 0 spiro atoms. The molecule has 0 saturated heterocycles. The molecule has 0 aliphatic heterocycles. The molecule has 0 saturated carbocycles. The van der Waals surface area contributed by atoms with Gasteiger partial charge in [0, 0.05) is 13.6 Å². The first-order valence-corrected chi connectivity index (χ1v) is 4.32. The molecular weight excluding hydrogens is 160 g/mol. The summed E-state index contributed by atoms with van der Waals surface area (Å²) in [6.07, 6.45) is 2.89. The average Bonchev–Trinajstić information content (AvgIpc) is 2.08. The summed E-state index contributed by atoms with van der Waals surface area (Å²) in [4.78, 5) is 0. The third kappa shape index (κ3) is 9.05. The Bertz CT molecular complexity index is 165. The van der Waals surface area contributed by atoms with E-state index in [0.29, 0.717) is 0 Å². The summed E-state index contributed by atoms with van der Waals surface area (Å²) in [6, 6.07) is 0. The van der Waals surface area contributed by atoms with Crippen LogP contribution < -0.4 is 5.84 Å². The van der Waals surface area contributed by atoms with Gasteiger partial charge in [-0.25, -0.2) is 5.01 Å². The normalized spacial score (nSPS) is 8.69. The standard InChI is InChI=1S/C9H18N2.C2H4/c1-5-9(8(2)3)6-7-11(4)10;1-2/h5H,1,6-7,10H2,2-4H3;1-2H2. The van der Waals surface area contributed by atoms with Crippen LogP contribution in [-0.2, 0) is 0 Å². The Hall–Kier alpha value is -0.860. The van der Waals surface area contributed by atoms with Crippen LogP contribution in [-0.4, -0.2) is 18.6 Å². The second-order valence-electron chi connectivity index (χ2n) is 2.96. The van der Waals surface area contributed by atoms with Crippen molar-refractivity contribution in [3.8, 4) is 0 Å². The van der Waals surface area contributed by atoms with E-state index in [1.807, 2.05) is 13.1 Å². The summed E-state index contributed by atoms with van der Waals surface area (Å²) in [5, 5.41) is 1.69. The van der Waals surface area contributed by atoms with Crippen molar-refractivity contribution in [1.82, 2.24) is 5.01 Å². The first-order valence-electron chi connectivity index (χ1n) is 4.32. The molecule has 0 fully saturated rings. The van der Waals surface area contributed by atoms with Crippen molar-refractivity contribution in [3.63, 3.8) is 0 Å². The molecule has 0 aliphatic rings. The Labute approximate surface area is 82.4 Å². The number of rotatable bonds is 4. The van der Waals surface area contributed by atoms with E-state index in [4.69, 9.17) is 5.84 Å². The molecule has 2 N–H and O–H groups in total. The highest BCUT2D eigenvalue weighted by atomic mass is 15.4. The van der Waals surface area contributed by atoms with Crippen LogP contribution in [0.4, 0.5) is 0 Å². The third-order valence-electron chi connectivity index (χ3n) is 1.62. The Morgan fingerprint density at radius 2 is 1.85 bits per heavy atom. The number of hydrogen-bond donors (Lipinski definition) is 1. The lowest BCUT2D eigenvalue weighted by Crippen LogP contribution is -2.27. The lowest BCUT2D eigenvalue weighted by molar-refractivity contribution is 0.354. The van der Waals surface area contributed by atoms with Gasteiger partial charge in [0.15, 0.2) is 0 Å². The second kappa shape index (κ2) is 9.23. The molecule has 0 aromatic rings. The molecule has 76 valence electrons. The van der Waals surface area contributed by atoms with Gasteiger partial charge in [-0.15, -0.1) is 13.2 Å². The number of nitrogens with two attached hydrogens (primary N) is 1. The zero-order valence-electron chi connectivity index (χ0n) is 9.14. The van der Waals surface area contributed by atoms with Crippen LogP contribution in [0.2, 0.25) is 0 Å². The molecule has 0 aromatic carbocycles. The van der Waals surface area contributed by atoms with Crippen molar-refractivity contribution in [2.24, 2.45) is 5.84 Å². The smallest absolute Gasteiger partial charge is 0.0165 e. The predicted octanol–water partition coefficient (Wildman–Crippen LogP) is 2.51. The summed E-state index contributed by atoms with van der Waals surface area (Å²) in [7, 11) is 1.87. The fourth-order valence-electron chi connectivity index (χ4n) is 0.853. The maximum Gasteiger partial charge on any atom is 0.0165 e. The van der Waals surface area contributed by atoms with E-state index in [1.54, 1.807) is 5.01 Å². The van der Waals surface area contributed by atoms with Gasteiger partial charge in [0.05, 0.1) is 0 Å². The van der Waals surface area contributed by atoms with Crippen molar-refractivity contribution in [3.05, 3.63) is 37.0 Å². The molecule has 0 aliphatic carbocycles. The molecule has 0 aromatic heterocycles. The number of allylic oxidation sites excluding steroid dienone is 2. The fourth-order valence-corrected chi connectivity index (χ4v) is 0.853. The van der Waals surface area contributed by atoms with Gasteiger partial charge in [-0.3, -0.25) is 5.84 Å². The van der Waals surface area contributed by atoms with E-state index in [9.17, 15) is 0 Å². The Balaban J connectivity index is 0. The largest absolute Gasteiger partial charge is 0.269 e. The van der Waals surface area contributed by atoms with Crippen molar-refractivity contribution >= 4 is 0 Å². The molecule has 0 amide bonds. The molecule has 0 bridgehead atoms. The minimum absolute atomic E-state index is 0.881. The van der Waals surface area contributed by atoms with E-state index in [1.165, 1.54) is 11.1 Å². The van der Waals surface area contributed by atoms with Crippen LogP contribution in [0.25, 0.3) is 0 Å². The number of hydrazine groups is 1. The van der Waals surface area contributed by atoms with Gasteiger partial charge < -0.3 is 0 Å². The van der Waals surface area contributed by atoms with Gasteiger partial charge in [0.2, 0.25) is 0 Å². The van der Waals surface area contributed by atoms with Gasteiger partial charge in [-0.2, -0.15) is 0 Å². The Kier molecular flexibility index (Phi) is 10.4. The van der Waals surface area contributed by atoms with E-state index >= 15 is 0 Å². The maximum absolute atomic E-state index is 5.47. The predicted molar refractivity (Wildman–Crippen MR) is 61.3 cm³/mol. The zero-order chi connectivity index (χ0) is 10.9. The van der Waals surface area contributed by atoms with E-state index in [0.717, 1.165) is 13.0 Å². The summed E-state index contributed by atoms with van der Waals surface area (Å²) in [5.41, 5.74) is 2.61. The lowest BCUT2D eigenvalue weighted by Gasteiger charge is -2.10. The average molecular weight is 182 g/mol. The van der Waals surface area contributed by atoms with Crippen LogP contribution >= 0.6 is 0 Å². The van der Waals surface area contributed by atoms with Crippen LogP contribution in [0.5, 0.6) is 0 Å². The summed E-state index contributed by atoms with van der Waals surface area (Å²) in [6.45, 7) is 14.8. The number of hydrogen-bond acceptors (Lipinski definition) is 2. The van der Waals surface area contributed by atoms with Crippen molar-refractivity contribution in [2.45, 2.75) is 20.3 Å². The monoisotopic (exact) mass is 182 g/mol. The fraction of sp³-hybridized carbons (Fsp3) is 0.455. The molecule has 0 rings (SSSR count). The van der Waals surface area contributed by atoms with Crippen LogP contribution in [0.15, 0.2) is 37.0 Å². The van der Waals surface area contributed by atoms with E-state index in [2.05, 4.69) is 33.6 Å². The highest BCUT2D eigenvalue weighted by Gasteiger charge is 1.95. The van der Waals surface area contributed by atoms with Crippen molar-refractivity contribution in [2.75, 3.05) is 13.6 Å². The number of nitrogens with zero attached hydrogens (tertiary/aromatic N) is 1. The van der Waals surface area contributed by atoms with Gasteiger partial charge in [-0.1, -0.05) is 18.2 Å². The van der Waals surface area contributed by atoms with E-state index in [-0.39, 0.29) is 0 Å². The highest BCUT2D eigenvalue weighted by Crippen LogP contribution is 2.08. The minimum Gasteiger partial charge on any atom is -0.269 e. The van der Waals surface area contributed by atoms with Crippen molar-refractivity contribution < 1.29 is 0 Å². The summed E-state index contributed by atoms with van der Waals surface area (Å²) >= 11 is 0. The Morgan fingerprint density at radius 1 is 1.38 bits per heavy atom. The SMILES string of the molecule is C=C.C=CC(CCN(C)N)=C(C)C. The highest BCUT2D eigenvalue weighted by molar-refractivity contribution is 5.21. The van der Waals surface area contributed by atoms with Crippen molar-refractivity contribution in [1.29, 1.82) is 0 Å². The van der Waals surface area contributed by atoms with Gasteiger partial charge in [0.25, 0.3) is 0 Å². The molecule has 0 atom stereocenters. The molecule has 2 nitrogen and oxygen atoms in total.